The number of rotatable bonds is 6. The average molecular weight is 460 g/mol. The van der Waals surface area contributed by atoms with Crippen molar-refractivity contribution in [2.45, 2.75) is 25.0 Å². The number of aliphatic hydroxyl groups excluding tert-OH is 2. The number of carbonyl (C=O) groups is 4. The molecule has 0 spiro atoms. The summed E-state index contributed by atoms with van der Waals surface area (Å²) < 4.78 is 0. The zero-order valence-corrected chi connectivity index (χ0v) is 19.8. The van der Waals surface area contributed by atoms with Crippen LogP contribution in [0.2, 0.25) is 0 Å². The van der Waals surface area contributed by atoms with E-state index in [9.17, 15) is 39.6 Å². The largest absolute Gasteiger partial charge is 2.00 e. The molecule has 0 aromatic carbocycles. The van der Waals surface area contributed by atoms with Gasteiger partial charge >= 0.3 is 58.4 Å². The molecule has 0 saturated heterocycles. The van der Waals surface area contributed by atoms with Crippen molar-refractivity contribution in [3.05, 3.63) is 0 Å². The molecular formula is C8H8O10Zn3+2. The second kappa shape index (κ2) is 17.7. The summed E-state index contributed by atoms with van der Waals surface area (Å²) in [7, 11) is 0. The molecule has 0 amide bonds. The first-order valence-electron chi connectivity index (χ1n) is 4.27. The molecule has 2 N–H and O–H groups in total. The molecule has 0 aliphatic carbocycles. The van der Waals surface area contributed by atoms with Crippen LogP contribution in [-0.4, -0.2) is 46.3 Å². The smallest absolute Gasteiger partial charge is 0.550 e. The zero-order chi connectivity index (χ0) is 14.9. The molecule has 0 aliphatic rings. The van der Waals surface area contributed by atoms with Crippen LogP contribution in [0.4, 0.5) is 0 Å². The average Bonchev–Trinajstić information content (AvgIpc) is 2.24. The molecule has 0 bridgehead atoms. The zero-order valence-electron chi connectivity index (χ0n) is 10.9. The van der Waals surface area contributed by atoms with Crippen LogP contribution in [0, 0.1) is 0 Å². The maximum Gasteiger partial charge on any atom is 2.00 e. The molecular weight excluding hydrogens is 452 g/mol. The fourth-order valence-electron chi connectivity index (χ4n) is 0.462. The van der Waals surface area contributed by atoms with E-state index in [0.29, 0.717) is 0 Å². The van der Waals surface area contributed by atoms with Crippen LogP contribution in [0.3, 0.4) is 0 Å². The monoisotopic (exact) mass is 456 g/mol. The minimum atomic E-state index is -2.44. The van der Waals surface area contributed by atoms with Crippen LogP contribution in [0.5, 0.6) is 0 Å². The first-order chi connectivity index (χ1) is 8.09. The first-order valence-corrected chi connectivity index (χ1v) is 4.27. The van der Waals surface area contributed by atoms with Crippen LogP contribution in [0.15, 0.2) is 0 Å². The van der Waals surface area contributed by atoms with Gasteiger partial charge in [0.05, 0.1) is 11.9 Å². The number of aliphatic carboxylic acids is 4. The molecule has 13 heteroatoms. The van der Waals surface area contributed by atoms with E-state index in [1.165, 1.54) is 0 Å². The van der Waals surface area contributed by atoms with Gasteiger partial charge in [-0.05, 0) is 12.8 Å². The fraction of sp³-hybridized carbons (Fsp3) is 0.500. The predicted molar refractivity (Wildman–Crippen MR) is 41.3 cm³/mol. The summed E-state index contributed by atoms with van der Waals surface area (Å²) in [6.45, 7) is 0. The molecule has 0 radical (unpaired) electrons. The van der Waals surface area contributed by atoms with E-state index < -0.39 is 48.9 Å². The van der Waals surface area contributed by atoms with Gasteiger partial charge in [-0.25, -0.2) is 0 Å². The molecule has 0 aromatic heterocycles. The number of carboxylic acid groups (broad SMARTS) is 4. The maximum absolute atomic E-state index is 9.63. The molecule has 0 aromatic rings. The molecule has 2 atom stereocenters. The normalized spacial score (nSPS) is 10.8. The molecule has 104 valence electrons. The molecule has 0 fully saturated rings. The van der Waals surface area contributed by atoms with Gasteiger partial charge in [-0.2, -0.15) is 0 Å². The molecule has 0 heterocycles. The summed E-state index contributed by atoms with van der Waals surface area (Å²) in [6, 6.07) is 0. The molecule has 10 nitrogen and oxygen atoms in total. The van der Waals surface area contributed by atoms with Crippen LogP contribution in [0.25, 0.3) is 0 Å². The number of carboxylic acids is 4. The van der Waals surface area contributed by atoms with Gasteiger partial charge in [0.1, 0.15) is 12.2 Å². The van der Waals surface area contributed by atoms with Gasteiger partial charge in [-0.15, -0.1) is 0 Å². The van der Waals surface area contributed by atoms with E-state index in [1.54, 1.807) is 0 Å². The van der Waals surface area contributed by atoms with Gasteiger partial charge in [-0.1, -0.05) is 0 Å². The molecule has 0 rings (SSSR count). The number of aliphatic hydroxyl groups is 2. The van der Waals surface area contributed by atoms with Crippen LogP contribution < -0.4 is 20.4 Å². The van der Waals surface area contributed by atoms with Gasteiger partial charge in [0, 0.05) is 11.9 Å². The first kappa shape index (κ1) is 32.6. The van der Waals surface area contributed by atoms with Crippen molar-refractivity contribution in [3.8, 4) is 0 Å². The Morgan fingerprint density at radius 1 is 0.667 bits per heavy atom. The van der Waals surface area contributed by atoms with Crippen LogP contribution in [-0.2, 0) is 77.6 Å². The summed E-state index contributed by atoms with van der Waals surface area (Å²) >= 11 is 0. The topological polar surface area (TPSA) is 201 Å². The van der Waals surface area contributed by atoms with Gasteiger partial charge < -0.3 is 49.8 Å². The van der Waals surface area contributed by atoms with E-state index in [1.807, 2.05) is 0 Å². The van der Waals surface area contributed by atoms with Crippen molar-refractivity contribution in [2.75, 3.05) is 0 Å². The Morgan fingerprint density at radius 3 is 0.952 bits per heavy atom. The maximum atomic E-state index is 9.63. The molecule has 21 heavy (non-hydrogen) atoms. The third-order valence-electron chi connectivity index (χ3n) is 1.32. The third kappa shape index (κ3) is 22.1. The van der Waals surface area contributed by atoms with E-state index in [0.717, 1.165) is 0 Å². The van der Waals surface area contributed by atoms with Crippen molar-refractivity contribution >= 4 is 23.9 Å². The summed E-state index contributed by atoms with van der Waals surface area (Å²) in [4.78, 5) is 38.3. The van der Waals surface area contributed by atoms with E-state index in [2.05, 4.69) is 0 Å². The number of hydrogen-bond acceptors (Lipinski definition) is 10. The van der Waals surface area contributed by atoms with Crippen LogP contribution >= 0.6 is 0 Å². The second-order valence-corrected chi connectivity index (χ2v) is 2.77. The Morgan fingerprint density at radius 2 is 0.857 bits per heavy atom. The van der Waals surface area contributed by atoms with Crippen LogP contribution in [0.1, 0.15) is 12.8 Å². The van der Waals surface area contributed by atoms with Crippen molar-refractivity contribution < 1.29 is 108 Å². The Labute approximate surface area is 156 Å². The molecule has 0 saturated carbocycles. The number of hydrogen-bond donors (Lipinski definition) is 2. The van der Waals surface area contributed by atoms with E-state index in [-0.39, 0.29) is 58.4 Å². The van der Waals surface area contributed by atoms with E-state index >= 15 is 0 Å². The second-order valence-electron chi connectivity index (χ2n) is 2.77. The standard InChI is InChI=1S/C4H6O6.C4H6O4.3Zn/c5-1(3(7)8)2(6)4(9)10;5-3(6)1-2-4(7)8;;;/h1-2,5-6H,(H,7,8)(H,9,10);1-2H2,(H,5,6)(H,7,8);;;/q;;3*+2/p-4. The van der Waals surface area contributed by atoms with E-state index in [4.69, 9.17) is 10.2 Å². The Hall–Kier alpha value is -0.330. The third-order valence-corrected chi connectivity index (χ3v) is 1.32. The van der Waals surface area contributed by atoms with Crippen molar-refractivity contribution in [3.63, 3.8) is 0 Å². The summed E-state index contributed by atoms with van der Waals surface area (Å²) in [5.74, 6) is -6.85. The Balaban J connectivity index is -0.0000000724. The SMILES string of the molecule is O=C([O-])C(O)C(O)C(=O)[O-].O=C([O-])CCC(=O)[O-].[Zn+2].[Zn+2].[Zn+2]. The van der Waals surface area contributed by atoms with Gasteiger partial charge in [-0.3, -0.25) is 0 Å². The predicted octanol–water partition coefficient (Wildman–Crippen LogP) is -7.53. The Kier molecular flexibility index (Phi) is 27.5. The van der Waals surface area contributed by atoms with Crippen molar-refractivity contribution in [1.82, 2.24) is 0 Å². The van der Waals surface area contributed by atoms with Gasteiger partial charge in [0.2, 0.25) is 0 Å². The Bertz CT molecular complexity index is 302. The molecule has 2 unspecified atom stereocenters. The number of carbonyl (C=O) groups excluding carboxylic acids is 4. The summed E-state index contributed by atoms with van der Waals surface area (Å²) in [5, 5.41) is 54.7. The fourth-order valence-corrected chi connectivity index (χ4v) is 0.462. The molecule has 0 aliphatic heterocycles. The summed E-state index contributed by atoms with van der Waals surface area (Å²) in [5.41, 5.74) is 0. The minimum Gasteiger partial charge on any atom is -0.550 e. The van der Waals surface area contributed by atoms with Crippen molar-refractivity contribution in [2.24, 2.45) is 0 Å². The quantitative estimate of drug-likeness (QED) is 0.359. The minimum absolute atomic E-state index is 0. The van der Waals surface area contributed by atoms with Crippen molar-refractivity contribution in [1.29, 1.82) is 0 Å². The van der Waals surface area contributed by atoms with Gasteiger partial charge in [0.15, 0.2) is 0 Å². The summed E-state index contributed by atoms with van der Waals surface area (Å²) in [6.07, 6.45) is -5.82. The van der Waals surface area contributed by atoms with Gasteiger partial charge in [0.25, 0.3) is 0 Å².